The first-order valence-corrected chi connectivity index (χ1v) is 5.89. The van der Waals surface area contributed by atoms with Crippen molar-refractivity contribution in [3.05, 3.63) is 18.7 Å². The van der Waals surface area contributed by atoms with E-state index in [1.54, 1.807) is 12.5 Å². The van der Waals surface area contributed by atoms with Crippen molar-refractivity contribution < 1.29 is 17.9 Å². The number of nitrogens with one attached hydrogen (secondary N) is 1. The van der Waals surface area contributed by atoms with Gasteiger partial charge in [-0.2, -0.15) is 13.2 Å². The minimum Gasteiger partial charge on any atom is -0.371 e. The van der Waals surface area contributed by atoms with Gasteiger partial charge in [0.1, 0.15) is 6.61 Å². The maximum Gasteiger partial charge on any atom is 0.411 e. The Balaban J connectivity index is 1.82. The topological polar surface area (TPSA) is 39.1 Å². The third-order valence-corrected chi connectivity index (χ3v) is 2.27. The summed E-state index contributed by atoms with van der Waals surface area (Å²) in [6.45, 7) is 1.05. The number of rotatable bonds is 9. The smallest absolute Gasteiger partial charge is 0.371 e. The zero-order valence-electron chi connectivity index (χ0n) is 10.1. The molecule has 0 aliphatic heterocycles. The molecule has 1 heterocycles. The molecule has 1 rings (SSSR count). The van der Waals surface area contributed by atoms with E-state index < -0.39 is 12.8 Å². The lowest BCUT2D eigenvalue weighted by atomic mass is 10.3. The molecule has 104 valence electrons. The molecule has 0 fully saturated rings. The van der Waals surface area contributed by atoms with Crippen LogP contribution in [0.15, 0.2) is 18.7 Å². The van der Waals surface area contributed by atoms with E-state index in [4.69, 9.17) is 0 Å². The Kier molecular flexibility index (Phi) is 6.74. The summed E-state index contributed by atoms with van der Waals surface area (Å²) in [7, 11) is 0. The summed E-state index contributed by atoms with van der Waals surface area (Å²) in [6.07, 6.45) is 3.14. The van der Waals surface area contributed by atoms with Crippen LogP contribution < -0.4 is 5.32 Å². The highest BCUT2D eigenvalue weighted by atomic mass is 19.4. The van der Waals surface area contributed by atoms with E-state index in [9.17, 15) is 13.2 Å². The van der Waals surface area contributed by atoms with Crippen molar-refractivity contribution in [2.45, 2.75) is 25.6 Å². The van der Waals surface area contributed by atoms with E-state index in [1.807, 2.05) is 10.8 Å². The van der Waals surface area contributed by atoms with Crippen molar-refractivity contribution in [1.82, 2.24) is 14.9 Å². The van der Waals surface area contributed by atoms with Gasteiger partial charge in [0.25, 0.3) is 0 Å². The molecular formula is C11H18F3N3O. The zero-order valence-corrected chi connectivity index (χ0v) is 10.1. The van der Waals surface area contributed by atoms with Crippen LogP contribution in [0.2, 0.25) is 0 Å². The highest BCUT2D eigenvalue weighted by molar-refractivity contribution is 4.73. The highest BCUT2D eigenvalue weighted by Crippen LogP contribution is 2.13. The third-order valence-electron chi connectivity index (χ3n) is 2.27. The van der Waals surface area contributed by atoms with Crippen LogP contribution in [0.1, 0.15) is 12.8 Å². The van der Waals surface area contributed by atoms with Crippen LogP contribution in [0.25, 0.3) is 0 Å². The molecule has 0 atom stereocenters. The molecule has 4 nitrogen and oxygen atoms in total. The molecule has 7 heteroatoms. The molecule has 1 aromatic rings. The Hall–Kier alpha value is -1.08. The molecule has 1 N–H and O–H groups in total. The first-order chi connectivity index (χ1) is 8.58. The van der Waals surface area contributed by atoms with Crippen LogP contribution in [0.5, 0.6) is 0 Å². The van der Waals surface area contributed by atoms with Gasteiger partial charge in [-0.3, -0.25) is 0 Å². The van der Waals surface area contributed by atoms with E-state index in [0.29, 0.717) is 6.54 Å². The maximum absolute atomic E-state index is 11.7. The Morgan fingerprint density at radius 2 is 2.06 bits per heavy atom. The number of alkyl halides is 3. The number of unbranched alkanes of at least 4 members (excludes halogenated alkanes) is 1. The average Bonchev–Trinajstić information content (AvgIpc) is 2.78. The number of aryl methyl sites for hydroxylation is 1. The number of halogens is 3. The monoisotopic (exact) mass is 265 g/mol. The fourth-order valence-electron chi connectivity index (χ4n) is 1.42. The first-order valence-electron chi connectivity index (χ1n) is 5.89. The number of nitrogens with zero attached hydrogens (tertiary/aromatic N) is 2. The highest BCUT2D eigenvalue weighted by Gasteiger charge is 2.27. The second-order valence-corrected chi connectivity index (χ2v) is 3.93. The van der Waals surface area contributed by atoms with Gasteiger partial charge < -0.3 is 14.6 Å². The lowest BCUT2D eigenvalue weighted by molar-refractivity contribution is -0.173. The zero-order chi connectivity index (χ0) is 13.3. The molecule has 0 radical (unpaired) electrons. The van der Waals surface area contributed by atoms with Gasteiger partial charge in [0, 0.05) is 25.5 Å². The minimum atomic E-state index is -4.23. The van der Waals surface area contributed by atoms with Crippen LogP contribution in [-0.4, -0.2) is 42.0 Å². The van der Waals surface area contributed by atoms with Gasteiger partial charge in [-0.05, 0) is 19.4 Å². The Morgan fingerprint density at radius 1 is 1.22 bits per heavy atom. The first kappa shape index (κ1) is 15.0. The van der Waals surface area contributed by atoms with E-state index in [0.717, 1.165) is 25.9 Å². The summed E-state index contributed by atoms with van der Waals surface area (Å²) < 4.78 is 41.6. The molecular weight excluding hydrogens is 247 g/mol. The van der Waals surface area contributed by atoms with Crippen molar-refractivity contribution in [2.75, 3.05) is 26.3 Å². The largest absolute Gasteiger partial charge is 0.411 e. The molecule has 18 heavy (non-hydrogen) atoms. The van der Waals surface area contributed by atoms with Crippen molar-refractivity contribution >= 4 is 0 Å². The molecule has 0 saturated carbocycles. The second-order valence-electron chi connectivity index (χ2n) is 3.93. The molecule has 0 unspecified atom stereocenters. The summed E-state index contributed by atoms with van der Waals surface area (Å²) in [5.74, 6) is 0. The van der Waals surface area contributed by atoms with E-state index in [1.165, 1.54) is 0 Å². The van der Waals surface area contributed by atoms with E-state index in [-0.39, 0.29) is 6.61 Å². The molecule has 0 saturated heterocycles. The van der Waals surface area contributed by atoms with Gasteiger partial charge in [0.05, 0.1) is 12.9 Å². The minimum absolute atomic E-state index is 0.0844. The molecule has 0 aliphatic rings. The molecule has 0 amide bonds. The van der Waals surface area contributed by atoms with Crippen LogP contribution in [0.3, 0.4) is 0 Å². The number of hydrogen-bond donors (Lipinski definition) is 1. The van der Waals surface area contributed by atoms with Crippen molar-refractivity contribution in [3.8, 4) is 0 Å². The Morgan fingerprint density at radius 3 is 2.72 bits per heavy atom. The normalized spacial score (nSPS) is 11.9. The van der Waals surface area contributed by atoms with Gasteiger partial charge >= 0.3 is 6.18 Å². The van der Waals surface area contributed by atoms with Gasteiger partial charge in [-0.15, -0.1) is 0 Å². The van der Waals surface area contributed by atoms with E-state index >= 15 is 0 Å². The maximum atomic E-state index is 11.7. The van der Waals surface area contributed by atoms with Crippen LogP contribution in [0.4, 0.5) is 13.2 Å². The Bertz CT molecular complexity index is 301. The van der Waals surface area contributed by atoms with Crippen LogP contribution in [0, 0.1) is 0 Å². The van der Waals surface area contributed by atoms with Crippen LogP contribution >= 0.6 is 0 Å². The van der Waals surface area contributed by atoms with Crippen LogP contribution in [-0.2, 0) is 11.3 Å². The molecule has 1 aromatic heterocycles. The number of aromatic nitrogens is 2. The summed E-state index contributed by atoms with van der Waals surface area (Å²) in [5.41, 5.74) is 0. The molecule has 0 aromatic carbocycles. The summed E-state index contributed by atoms with van der Waals surface area (Å²) in [6, 6.07) is 0. The fourth-order valence-corrected chi connectivity index (χ4v) is 1.42. The number of hydrogen-bond acceptors (Lipinski definition) is 3. The second kappa shape index (κ2) is 8.10. The standard InChI is InChI=1S/C11H18F3N3O/c12-11(13,14)9-18-8-5-15-3-1-2-6-17-7-4-16-10-17/h4,7,10,15H,1-3,5-6,8-9H2. The molecule has 0 spiro atoms. The van der Waals surface area contributed by atoms with Gasteiger partial charge in [-0.1, -0.05) is 0 Å². The number of imidazole rings is 1. The summed E-state index contributed by atoms with van der Waals surface area (Å²) in [4.78, 5) is 3.93. The third kappa shape index (κ3) is 8.08. The quantitative estimate of drug-likeness (QED) is 0.692. The predicted octanol–water partition coefficient (Wildman–Crippen LogP) is 1.83. The lowest BCUT2D eigenvalue weighted by Gasteiger charge is -2.08. The van der Waals surface area contributed by atoms with Gasteiger partial charge in [0.2, 0.25) is 0 Å². The van der Waals surface area contributed by atoms with Crippen molar-refractivity contribution in [3.63, 3.8) is 0 Å². The predicted molar refractivity (Wildman–Crippen MR) is 61.2 cm³/mol. The molecule has 0 aliphatic carbocycles. The average molecular weight is 265 g/mol. The SMILES string of the molecule is FC(F)(F)COCCNCCCCn1ccnc1. The summed E-state index contributed by atoms with van der Waals surface area (Å²) >= 11 is 0. The van der Waals surface area contributed by atoms with Crippen molar-refractivity contribution in [1.29, 1.82) is 0 Å². The Labute approximate surface area is 104 Å². The van der Waals surface area contributed by atoms with Gasteiger partial charge in [-0.25, -0.2) is 4.98 Å². The fraction of sp³-hybridized carbons (Fsp3) is 0.727. The lowest BCUT2D eigenvalue weighted by Crippen LogP contribution is -2.24. The van der Waals surface area contributed by atoms with E-state index in [2.05, 4.69) is 15.0 Å². The van der Waals surface area contributed by atoms with Crippen molar-refractivity contribution in [2.24, 2.45) is 0 Å². The molecule has 0 bridgehead atoms. The summed E-state index contributed by atoms with van der Waals surface area (Å²) in [5, 5.41) is 3.03. The van der Waals surface area contributed by atoms with Gasteiger partial charge in [0.15, 0.2) is 0 Å². The number of ether oxygens (including phenoxy) is 1.